The zero-order valence-corrected chi connectivity index (χ0v) is 14.2. The van der Waals surface area contributed by atoms with Crippen molar-refractivity contribution in [3.63, 3.8) is 0 Å². The molecule has 2 N–H and O–H groups in total. The standard InChI is InChI=1S/C18H23N5O2/c24-17-14-5-1-2-6-15(14)20-16(21-17)7-10-22-9-3-4-13(12-22)23-11-8-19-18(23)25/h1-2,5-6,13H,3-4,7-12H2,(H,19,25)(H,20,21,24)/t13-/m1/s1. The Morgan fingerprint density at radius 1 is 1.20 bits per heavy atom. The van der Waals surface area contributed by atoms with E-state index in [0.29, 0.717) is 17.8 Å². The van der Waals surface area contributed by atoms with Gasteiger partial charge < -0.3 is 20.1 Å². The number of hydrogen-bond donors (Lipinski definition) is 2. The van der Waals surface area contributed by atoms with Gasteiger partial charge in [-0.3, -0.25) is 4.79 Å². The summed E-state index contributed by atoms with van der Waals surface area (Å²) in [7, 11) is 0. The molecule has 7 heteroatoms. The van der Waals surface area contributed by atoms with Gasteiger partial charge in [0.2, 0.25) is 0 Å². The van der Waals surface area contributed by atoms with Crippen LogP contribution in [0.4, 0.5) is 4.79 Å². The number of likely N-dealkylation sites (tertiary alicyclic amines) is 1. The van der Waals surface area contributed by atoms with Crippen LogP contribution in [-0.4, -0.2) is 64.6 Å². The van der Waals surface area contributed by atoms with Gasteiger partial charge in [0.1, 0.15) is 5.82 Å². The lowest BCUT2D eigenvalue weighted by atomic mass is 10.0. The Morgan fingerprint density at radius 2 is 2.08 bits per heavy atom. The third-order valence-electron chi connectivity index (χ3n) is 5.14. The summed E-state index contributed by atoms with van der Waals surface area (Å²) in [6, 6.07) is 7.77. The number of para-hydroxylation sites is 1. The van der Waals surface area contributed by atoms with Crippen molar-refractivity contribution in [3.8, 4) is 0 Å². The Balaban J connectivity index is 1.41. The summed E-state index contributed by atoms with van der Waals surface area (Å²) in [5.74, 6) is 0.727. The van der Waals surface area contributed by atoms with Gasteiger partial charge in [-0.15, -0.1) is 0 Å². The number of fused-ring (bicyclic) bond motifs is 1. The predicted molar refractivity (Wildman–Crippen MR) is 95.6 cm³/mol. The van der Waals surface area contributed by atoms with Crippen molar-refractivity contribution in [2.45, 2.75) is 25.3 Å². The van der Waals surface area contributed by atoms with E-state index in [0.717, 1.165) is 56.9 Å². The molecule has 0 spiro atoms. The maximum atomic E-state index is 12.2. The molecular formula is C18H23N5O2. The molecule has 3 heterocycles. The number of nitrogens with zero attached hydrogens (tertiary/aromatic N) is 3. The normalized spacial score (nSPS) is 21.7. The second-order valence-electron chi connectivity index (χ2n) is 6.80. The van der Waals surface area contributed by atoms with Crippen LogP contribution in [0.25, 0.3) is 10.9 Å². The molecule has 0 unspecified atom stereocenters. The molecule has 2 aliphatic rings. The van der Waals surface area contributed by atoms with Gasteiger partial charge in [-0.2, -0.15) is 0 Å². The minimum Gasteiger partial charge on any atom is -0.336 e. The van der Waals surface area contributed by atoms with Crippen LogP contribution in [0, 0.1) is 0 Å². The van der Waals surface area contributed by atoms with E-state index in [9.17, 15) is 9.59 Å². The number of benzene rings is 1. The summed E-state index contributed by atoms with van der Waals surface area (Å²) in [5.41, 5.74) is 0.664. The van der Waals surface area contributed by atoms with Crippen molar-refractivity contribution in [3.05, 3.63) is 40.4 Å². The number of aromatic nitrogens is 2. The van der Waals surface area contributed by atoms with Crippen LogP contribution in [0.3, 0.4) is 0 Å². The molecular weight excluding hydrogens is 318 g/mol. The SMILES string of the molecule is O=C1NCCN1[C@@H]1CCCN(CCc2nc3ccccc3c(=O)[nH]2)C1. The fourth-order valence-corrected chi connectivity index (χ4v) is 3.84. The van der Waals surface area contributed by atoms with E-state index in [4.69, 9.17) is 0 Å². The highest BCUT2D eigenvalue weighted by atomic mass is 16.2. The molecule has 2 amide bonds. The Morgan fingerprint density at radius 3 is 2.92 bits per heavy atom. The van der Waals surface area contributed by atoms with Gasteiger partial charge in [0.05, 0.1) is 10.9 Å². The molecule has 7 nitrogen and oxygen atoms in total. The molecule has 1 aromatic heterocycles. The second kappa shape index (κ2) is 6.84. The second-order valence-corrected chi connectivity index (χ2v) is 6.80. The van der Waals surface area contributed by atoms with Gasteiger partial charge in [-0.1, -0.05) is 12.1 Å². The lowest BCUT2D eigenvalue weighted by Gasteiger charge is -2.37. The molecule has 132 valence electrons. The van der Waals surface area contributed by atoms with Crippen molar-refractivity contribution in [1.82, 2.24) is 25.1 Å². The first-order valence-corrected chi connectivity index (χ1v) is 8.95. The van der Waals surface area contributed by atoms with Crippen LogP contribution >= 0.6 is 0 Å². The van der Waals surface area contributed by atoms with Gasteiger partial charge in [0, 0.05) is 38.6 Å². The van der Waals surface area contributed by atoms with Crippen LogP contribution in [0.2, 0.25) is 0 Å². The maximum Gasteiger partial charge on any atom is 0.317 e. The third kappa shape index (κ3) is 3.37. The molecule has 2 aromatic rings. The average Bonchev–Trinajstić information content (AvgIpc) is 3.06. The molecule has 1 aromatic carbocycles. The molecule has 0 bridgehead atoms. The quantitative estimate of drug-likeness (QED) is 0.868. The van der Waals surface area contributed by atoms with E-state index in [2.05, 4.69) is 20.2 Å². The highest BCUT2D eigenvalue weighted by Gasteiger charge is 2.31. The summed E-state index contributed by atoms with van der Waals surface area (Å²) in [6.45, 7) is 4.32. The molecule has 0 radical (unpaired) electrons. The average molecular weight is 341 g/mol. The smallest absolute Gasteiger partial charge is 0.317 e. The monoisotopic (exact) mass is 341 g/mol. The summed E-state index contributed by atoms with van der Waals surface area (Å²) in [4.78, 5) is 35.8. The van der Waals surface area contributed by atoms with Crippen LogP contribution in [0.1, 0.15) is 18.7 Å². The minimum atomic E-state index is -0.0779. The number of hydrogen-bond acceptors (Lipinski definition) is 4. The fraction of sp³-hybridized carbons (Fsp3) is 0.500. The van der Waals surface area contributed by atoms with Gasteiger partial charge >= 0.3 is 6.03 Å². The Hall–Kier alpha value is -2.41. The number of aromatic amines is 1. The van der Waals surface area contributed by atoms with Crippen molar-refractivity contribution < 1.29 is 4.79 Å². The summed E-state index contributed by atoms with van der Waals surface area (Å²) in [6.07, 6.45) is 2.87. The summed E-state index contributed by atoms with van der Waals surface area (Å²) >= 11 is 0. The number of amides is 2. The van der Waals surface area contributed by atoms with Gasteiger partial charge in [0.25, 0.3) is 5.56 Å². The number of rotatable bonds is 4. The van der Waals surface area contributed by atoms with Crippen molar-refractivity contribution in [2.75, 3.05) is 32.7 Å². The molecule has 2 aliphatic heterocycles. The van der Waals surface area contributed by atoms with Crippen LogP contribution in [-0.2, 0) is 6.42 Å². The summed E-state index contributed by atoms with van der Waals surface area (Å²) < 4.78 is 0. The Kier molecular flexibility index (Phi) is 4.40. The number of piperidine rings is 1. The lowest BCUT2D eigenvalue weighted by molar-refractivity contribution is 0.127. The first kappa shape index (κ1) is 16.1. The molecule has 2 fully saturated rings. The zero-order valence-electron chi connectivity index (χ0n) is 14.2. The molecule has 0 saturated carbocycles. The first-order valence-electron chi connectivity index (χ1n) is 8.95. The number of carbonyl (C=O) groups is 1. The van der Waals surface area contributed by atoms with Crippen molar-refractivity contribution >= 4 is 16.9 Å². The number of H-pyrrole nitrogens is 1. The van der Waals surface area contributed by atoms with Gasteiger partial charge in [-0.25, -0.2) is 9.78 Å². The van der Waals surface area contributed by atoms with Gasteiger partial charge in [0.15, 0.2) is 0 Å². The van der Waals surface area contributed by atoms with E-state index in [1.807, 2.05) is 23.1 Å². The summed E-state index contributed by atoms with van der Waals surface area (Å²) in [5, 5.41) is 3.51. The van der Waals surface area contributed by atoms with E-state index >= 15 is 0 Å². The zero-order chi connectivity index (χ0) is 17.2. The Bertz CT molecular complexity index is 834. The maximum absolute atomic E-state index is 12.2. The predicted octanol–water partition coefficient (Wildman–Crippen LogP) is 0.955. The highest BCUT2D eigenvalue weighted by molar-refractivity contribution is 5.77. The van der Waals surface area contributed by atoms with Crippen LogP contribution in [0.5, 0.6) is 0 Å². The van der Waals surface area contributed by atoms with Gasteiger partial charge in [-0.05, 0) is 31.5 Å². The van der Waals surface area contributed by atoms with Crippen molar-refractivity contribution in [1.29, 1.82) is 0 Å². The lowest BCUT2D eigenvalue weighted by Crippen LogP contribution is -2.49. The first-order chi connectivity index (χ1) is 12.2. The number of nitrogens with one attached hydrogen (secondary N) is 2. The molecule has 2 saturated heterocycles. The largest absolute Gasteiger partial charge is 0.336 e. The number of carbonyl (C=O) groups excluding carboxylic acids is 1. The Labute approximate surface area is 146 Å². The van der Waals surface area contributed by atoms with Crippen molar-refractivity contribution in [2.24, 2.45) is 0 Å². The van der Waals surface area contributed by atoms with Crippen LogP contribution < -0.4 is 10.9 Å². The third-order valence-corrected chi connectivity index (χ3v) is 5.14. The molecule has 25 heavy (non-hydrogen) atoms. The van der Waals surface area contributed by atoms with E-state index < -0.39 is 0 Å². The van der Waals surface area contributed by atoms with E-state index in [1.165, 1.54) is 0 Å². The topological polar surface area (TPSA) is 81.3 Å². The van der Waals surface area contributed by atoms with E-state index in [-0.39, 0.29) is 11.6 Å². The molecule has 1 atom stereocenters. The molecule has 4 rings (SSSR count). The molecule has 0 aliphatic carbocycles. The van der Waals surface area contributed by atoms with Crippen LogP contribution in [0.15, 0.2) is 29.1 Å². The fourth-order valence-electron chi connectivity index (χ4n) is 3.84. The van der Waals surface area contributed by atoms with E-state index in [1.54, 1.807) is 6.07 Å². The minimum absolute atomic E-state index is 0.0624. The number of urea groups is 1. The highest BCUT2D eigenvalue weighted by Crippen LogP contribution is 2.18.